The molecule has 0 aromatic heterocycles. The first-order valence-electron chi connectivity index (χ1n) is 9.28. The van der Waals surface area contributed by atoms with E-state index < -0.39 is 10.0 Å². The number of aryl methyl sites for hydroxylation is 2. The van der Waals surface area contributed by atoms with Crippen LogP contribution in [0.4, 0.5) is 5.69 Å². The van der Waals surface area contributed by atoms with Gasteiger partial charge in [0.25, 0.3) is 0 Å². The van der Waals surface area contributed by atoms with Gasteiger partial charge in [-0.2, -0.15) is 0 Å². The van der Waals surface area contributed by atoms with Gasteiger partial charge in [0.2, 0.25) is 15.9 Å². The van der Waals surface area contributed by atoms with Crippen molar-refractivity contribution < 1.29 is 13.2 Å². The third kappa shape index (κ3) is 4.89. The number of benzene rings is 2. The van der Waals surface area contributed by atoms with Crippen molar-refractivity contribution in [3.63, 3.8) is 0 Å². The SMILES string of the molecule is C[C@@H](NC(=O)CN(c1ccccc1)S(C)(=O)=O)c1ccc2c(c1)CCCC2. The molecule has 2 aromatic rings. The van der Waals surface area contributed by atoms with Gasteiger partial charge in [-0.05, 0) is 61.4 Å². The molecule has 1 N–H and O–H groups in total. The van der Waals surface area contributed by atoms with E-state index in [1.54, 1.807) is 24.3 Å². The molecule has 144 valence electrons. The van der Waals surface area contributed by atoms with Crippen molar-refractivity contribution in [1.82, 2.24) is 5.32 Å². The zero-order valence-corrected chi connectivity index (χ0v) is 16.6. The summed E-state index contributed by atoms with van der Waals surface area (Å²) in [7, 11) is -3.55. The largest absolute Gasteiger partial charge is 0.348 e. The summed E-state index contributed by atoms with van der Waals surface area (Å²) >= 11 is 0. The van der Waals surface area contributed by atoms with Crippen LogP contribution < -0.4 is 9.62 Å². The van der Waals surface area contributed by atoms with Crippen LogP contribution in [-0.4, -0.2) is 27.1 Å². The molecule has 1 amide bonds. The Morgan fingerprint density at radius 3 is 2.41 bits per heavy atom. The first-order chi connectivity index (χ1) is 12.8. The van der Waals surface area contributed by atoms with Gasteiger partial charge in [-0.3, -0.25) is 9.10 Å². The minimum Gasteiger partial charge on any atom is -0.348 e. The summed E-state index contributed by atoms with van der Waals surface area (Å²) in [5.41, 5.74) is 4.30. The molecule has 1 aliphatic rings. The van der Waals surface area contributed by atoms with Gasteiger partial charge in [0.1, 0.15) is 6.54 Å². The second-order valence-corrected chi connectivity index (χ2v) is 9.04. The van der Waals surface area contributed by atoms with Gasteiger partial charge in [-0.15, -0.1) is 0 Å². The molecule has 0 radical (unpaired) electrons. The first kappa shape index (κ1) is 19.4. The van der Waals surface area contributed by atoms with Gasteiger partial charge in [-0.1, -0.05) is 36.4 Å². The Morgan fingerprint density at radius 2 is 1.74 bits per heavy atom. The average Bonchev–Trinajstić information content (AvgIpc) is 2.65. The van der Waals surface area contributed by atoms with Gasteiger partial charge < -0.3 is 5.32 Å². The number of para-hydroxylation sites is 1. The van der Waals surface area contributed by atoms with Crippen LogP contribution in [0, 0.1) is 0 Å². The Hall–Kier alpha value is -2.34. The van der Waals surface area contributed by atoms with E-state index in [9.17, 15) is 13.2 Å². The highest BCUT2D eigenvalue weighted by molar-refractivity contribution is 7.92. The predicted octanol–water partition coefficient (Wildman–Crippen LogP) is 3.21. The summed E-state index contributed by atoms with van der Waals surface area (Å²) in [5.74, 6) is -0.325. The van der Waals surface area contributed by atoms with Crippen LogP contribution in [0.5, 0.6) is 0 Å². The van der Waals surface area contributed by atoms with Crippen molar-refractivity contribution in [3.05, 3.63) is 65.2 Å². The number of sulfonamides is 1. The lowest BCUT2D eigenvalue weighted by Crippen LogP contribution is -2.41. The predicted molar refractivity (Wildman–Crippen MR) is 108 cm³/mol. The van der Waals surface area contributed by atoms with Crippen LogP contribution in [0.25, 0.3) is 0 Å². The quantitative estimate of drug-likeness (QED) is 0.829. The molecule has 0 spiro atoms. The van der Waals surface area contributed by atoms with Crippen molar-refractivity contribution in [2.45, 2.75) is 38.6 Å². The van der Waals surface area contributed by atoms with Crippen LogP contribution in [0.1, 0.15) is 42.5 Å². The standard InChI is InChI=1S/C21H26N2O3S/c1-16(18-13-12-17-8-6-7-9-19(17)14-18)22-21(24)15-23(27(2,25)26)20-10-4-3-5-11-20/h3-5,10-14,16H,6-9,15H2,1-2H3,(H,22,24)/t16-/m1/s1. The number of nitrogens with one attached hydrogen (secondary N) is 1. The molecule has 0 saturated heterocycles. The Morgan fingerprint density at radius 1 is 1.07 bits per heavy atom. The Bertz CT molecular complexity index is 910. The smallest absolute Gasteiger partial charge is 0.241 e. The van der Waals surface area contributed by atoms with E-state index in [2.05, 4.69) is 23.5 Å². The molecule has 3 rings (SSSR count). The molecule has 6 heteroatoms. The third-order valence-corrected chi connectivity index (χ3v) is 6.12. The van der Waals surface area contributed by atoms with E-state index in [1.165, 1.54) is 24.0 Å². The average molecular weight is 387 g/mol. The first-order valence-corrected chi connectivity index (χ1v) is 11.1. The van der Waals surface area contributed by atoms with Crippen LogP contribution >= 0.6 is 0 Å². The molecule has 0 unspecified atom stereocenters. The van der Waals surface area contributed by atoms with E-state index >= 15 is 0 Å². The lowest BCUT2D eigenvalue weighted by molar-refractivity contribution is -0.120. The molecule has 1 aliphatic carbocycles. The lowest BCUT2D eigenvalue weighted by Gasteiger charge is -2.24. The fraction of sp³-hybridized carbons (Fsp3) is 0.381. The van der Waals surface area contributed by atoms with Gasteiger partial charge in [0, 0.05) is 0 Å². The molecule has 0 saturated carbocycles. The Labute approximate surface area is 161 Å². The van der Waals surface area contributed by atoms with Crippen molar-refractivity contribution in [2.24, 2.45) is 0 Å². The summed E-state index contributed by atoms with van der Waals surface area (Å²) in [4.78, 5) is 12.5. The molecule has 2 aromatic carbocycles. The van der Waals surface area contributed by atoms with E-state index in [0.717, 1.165) is 29.0 Å². The second kappa shape index (κ2) is 8.13. The molecular weight excluding hydrogens is 360 g/mol. The normalized spacial score (nSPS) is 14.9. The van der Waals surface area contributed by atoms with E-state index in [4.69, 9.17) is 0 Å². The fourth-order valence-electron chi connectivity index (χ4n) is 3.52. The van der Waals surface area contributed by atoms with Crippen molar-refractivity contribution in [1.29, 1.82) is 0 Å². The molecule has 0 heterocycles. The number of anilines is 1. The molecule has 27 heavy (non-hydrogen) atoms. The molecule has 5 nitrogen and oxygen atoms in total. The highest BCUT2D eigenvalue weighted by atomic mass is 32.2. The highest BCUT2D eigenvalue weighted by Gasteiger charge is 2.22. The van der Waals surface area contributed by atoms with E-state index in [0.29, 0.717) is 5.69 Å². The minimum absolute atomic E-state index is 0.179. The summed E-state index contributed by atoms with van der Waals surface area (Å²) in [6.07, 6.45) is 5.76. The summed E-state index contributed by atoms with van der Waals surface area (Å²) in [5, 5.41) is 2.93. The number of hydrogen-bond donors (Lipinski definition) is 1. The molecule has 0 fully saturated rings. The number of carbonyl (C=O) groups excluding carboxylic acids is 1. The maximum absolute atomic E-state index is 12.5. The molecule has 1 atom stereocenters. The fourth-order valence-corrected chi connectivity index (χ4v) is 4.37. The van der Waals surface area contributed by atoms with Crippen LogP contribution in [0.3, 0.4) is 0 Å². The number of hydrogen-bond acceptors (Lipinski definition) is 3. The van der Waals surface area contributed by atoms with E-state index in [1.807, 2.05) is 13.0 Å². The number of carbonyl (C=O) groups is 1. The second-order valence-electron chi connectivity index (χ2n) is 7.13. The van der Waals surface area contributed by atoms with Crippen molar-refractivity contribution in [2.75, 3.05) is 17.1 Å². The van der Waals surface area contributed by atoms with Crippen LogP contribution in [0.15, 0.2) is 48.5 Å². The zero-order chi connectivity index (χ0) is 19.4. The van der Waals surface area contributed by atoms with Crippen LogP contribution in [0.2, 0.25) is 0 Å². The van der Waals surface area contributed by atoms with Gasteiger partial charge in [0.15, 0.2) is 0 Å². The maximum atomic E-state index is 12.5. The Balaban J connectivity index is 1.70. The number of amides is 1. The Kier molecular flexibility index (Phi) is 5.85. The monoisotopic (exact) mass is 386 g/mol. The van der Waals surface area contributed by atoms with Crippen LogP contribution in [-0.2, 0) is 27.7 Å². The highest BCUT2D eigenvalue weighted by Crippen LogP contribution is 2.25. The van der Waals surface area contributed by atoms with Crippen molar-refractivity contribution >= 4 is 21.6 Å². The molecular formula is C21H26N2O3S. The van der Waals surface area contributed by atoms with Gasteiger partial charge in [0.05, 0.1) is 18.0 Å². The summed E-state index contributed by atoms with van der Waals surface area (Å²) in [6, 6.07) is 14.9. The lowest BCUT2D eigenvalue weighted by atomic mass is 9.89. The number of fused-ring (bicyclic) bond motifs is 1. The topological polar surface area (TPSA) is 66.5 Å². The number of nitrogens with zero attached hydrogens (tertiary/aromatic N) is 1. The van der Waals surface area contributed by atoms with Crippen molar-refractivity contribution in [3.8, 4) is 0 Å². The van der Waals surface area contributed by atoms with Gasteiger partial charge >= 0.3 is 0 Å². The minimum atomic E-state index is -3.55. The number of rotatable bonds is 6. The zero-order valence-electron chi connectivity index (χ0n) is 15.8. The molecule has 0 aliphatic heterocycles. The molecule has 0 bridgehead atoms. The third-order valence-electron chi connectivity index (χ3n) is 4.98. The van der Waals surface area contributed by atoms with Gasteiger partial charge in [-0.25, -0.2) is 8.42 Å². The maximum Gasteiger partial charge on any atom is 0.241 e. The summed E-state index contributed by atoms with van der Waals surface area (Å²) < 4.78 is 25.4. The van der Waals surface area contributed by atoms with E-state index in [-0.39, 0.29) is 18.5 Å². The summed E-state index contributed by atoms with van der Waals surface area (Å²) in [6.45, 7) is 1.69.